The number of hydrazone groups is 1. The molecule has 0 atom stereocenters. The normalized spacial score (nSPS) is 11.0. The molecule has 0 saturated carbocycles. The topological polar surface area (TPSA) is 37.3 Å². The molecular formula is C13H15N3S. The number of hydrogen-bond acceptors (Lipinski definition) is 4. The molecule has 0 saturated heterocycles. The minimum Gasteiger partial charge on any atom is -0.253 e. The van der Waals surface area contributed by atoms with Crippen LogP contribution in [-0.2, 0) is 0 Å². The van der Waals surface area contributed by atoms with E-state index in [4.69, 9.17) is 0 Å². The van der Waals surface area contributed by atoms with Gasteiger partial charge in [-0.3, -0.25) is 5.43 Å². The van der Waals surface area contributed by atoms with Crippen LogP contribution in [0.4, 0.5) is 5.13 Å². The van der Waals surface area contributed by atoms with Gasteiger partial charge in [-0.15, -0.1) is 11.3 Å². The Bertz CT molecular complexity index is 523. The van der Waals surface area contributed by atoms with E-state index in [-0.39, 0.29) is 0 Å². The van der Waals surface area contributed by atoms with Gasteiger partial charge in [-0.25, -0.2) is 4.98 Å². The smallest absolute Gasteiger partial charge is 0.203 e. The van der Waals surface area contributed by atoms with Crippen LogP contribution in [0.15, 0.2) is 28.7 Å². The van der Waals surface area contributed by atoms with Gasteiger partial charge in [-0.05, 0) is 31.9 Å². The summed E-state index contributed by atoms with van der Waals surface area (Å²) in [6.07, 6.45) is 1.85. The highest BCUT2D eigenvalue weighted by atomic mass is 32.1. The van der Waals surface area contributed by atoms with Crippen molar-refractivity contribution in [1.82, 2.24) is 4.98 Å². The lowest BCUT2D eigenvalue weighted by Crippen LogP contribution is -1.95. The van der Waals surface area contributed by atoms with Gasteiger partial charge in [0.25, 0.3) is 0 Å². The number of benzene rings is 1. The lowest BCUT2D eigenvalue weighted by molar-refractivity contribution is 1.22. The van der Waals surface area contributed by atoms with E-state index in [0.29, 0.717) is 0 Å². The Labute approximate surface area is 105 Å². The van der Waals surface area contributed by atoms with Crippen molar-refractivity contribution in [2.24, 2.45) is 5.10 Å². The maximum atomic E-state index is 4.28. The fourth-order valence-electron chi connectivity index (χ4n) is 1.59. The van der Waals surface area contributed by atoms with Crippen LogP contribution in [0, 0.1) is 20.8 Å². The zero-order valence-corrected chi connectivity index (χ0v) is 11.0. The van der Waals surface area contributed by atoms with E-state index in [1.165, 1.54) is 11.1 Å². The van der Waals surface area contributed by atoms with Gasteiger partial charge in [-0.2, -0.15) is 5.10 Å². The minimum absolute atomic E-state index is 0.824. The first kappa shape index (κ1) is 11.8. The molecule has 1 heterocycles. The summed E-state index contributed by atoms with van der Waals surface area (Å²) >= 11 is 1.56. The van der Waals surface area contributed by atoms with Crippen LogP contribution in [-0.4, -0.2) is 11.2 Å². The Morgan fingerprint density at radius 2 is 1.94 bits per heavy atom. The monoisotopic (exact) mass is 245 g/mol. The third kappa shape index (κ3) is 2.91. The molecule has 1 aromatic heterocycles. The van der Waals surface area contributed by atoms with Gasteiger partial charge in [0, 0.05) is 10.9 Å². The molecule has 0 fully saturated rings. The van der Waals surface area contributed by atoms with Gasteiger partial charge >= 0.3 is 0 Å². The maximum Gasteiger partial charge on any atom is 0.203 e. The van der Waals surface area contributed by atoms with E-state index in [0.717, 1.165) is 16.4 Å². The highest BCUT2D eigenvalue weighted by Gasteiger charge is 1.98. The first-order valence-corrected chi connectivity index (χ1v) is 6.32. The number of aryl methyl sites for hydroxylation is 3. The molecule has 0 aliphatic carbocycles. The average molecular weight is 245 g/mol. The van der Waals surface area contributed by atoms with Gasteiger partial charge in [0.05, 0.1) is 11.9 Å². The molecule has 3 nitrogen and oxygen atoms in total. The molecule has 4 heteroatoms. The molecule has 0 bridgehead atoms. The summed E-state index contributed by atoms with van der Waals surface area (Å²) in [6.45, 7) is 6.14. The third-order valence-corrected chi connectivity index (χ3v) is 3.38. The summed E-state index contributed by atoms with van der Waals surface area (Å²) in [4.78, 5) is 4.28. The number of hydrogen-bond donors (Lipinski definition) is 1. The molecular weight excluding hydrogens is 230 g/mol. The number of rotatable bonds is 3. The van der Waals surface area contributed by atoms with Crippen LogP contribution >= 0.6 is 11.3 Å². The van der Waals surface area contributed by atoms with Gasteiger partial charge in [-0.1, -0.05) is 18.2 Å². The first-order valence-electron chi connectivity index (χ1n) is 5.44. The molecule has 1 N–H and O–H groups in total. The summed E-state index contributed by atoms with van der Waals surface area (Å²) in [6, 6.07) is 6.23. The summed E-state index contributed by atoms with van der Waals surface area (Å²) in [5.41, 5.74) is 7.57. The molecule has 2 aromatic rings. The first-order chi connectivity index (χ1) is 8.16. The number of nitrogens with one attached hydrogen (secondary N) is 1. The van der Waals surface area contributed by atoms with Gasteiger partial charge in [0.15, 0.2) is 0 Å². The van der Waals surface area contributed by atoms with Gasteiger partial charge in [0.1, 0.15) is 0 Å². The lowest BCUT2D eigenvalue weighted by Gasteiger charge is -2.03. The van der Waals surface area contributed by atoms with Crippen LogP contribution in [0.2, 0.25) is 0 Å². The Kier molecular flexibility index (Phi) is 3.54. The second-order valence-electron chi connectivity index (χ2n) is 3.97. The summed E-state index contributed by atoms with van der Waals surface area (Å²) < 4.78 is 0. The van der Waals surface area contributed by atoms with Gasteiger partial charge in [0.2, 0.25) is 5.13 Å². The highest BCUT2D eigenvalue weighted by molar-refractivity contribution is 7.13. The van der Waals surface area contributed by atoms with E-state index in [1.54, 1.807) is 11.3 Å². The Morgan fingerprint density at radius 1 is 1.24 bits per heavy atom. The zero-order chi connectivity index (χ0) is 12.3. The Hall–Kier alpha value is -1.68. The van der Waals surface area contributed by atoms with E-state index in [1.807, 2.05) is 18.5 Å². The number of anilines is 1. The predicted octanol–water partition coefficient (Wildman–Crippen LogP) is 3.51. The fraction of sp³-hybridized carbons (Fsp3) is 0.231. The molecule has 17 heavy (non-hydrogen) atoms. The quantitative estimate of drug-likeness (QED) is 0.663. The van der Waals surface area contributed by atoms with Crippen LogP contribution in [0.1, 0.15) is 22.4 Å². The van der Waals surface area contributed by atoms with Crippen molar-refractivity contribution in [1.29, 1.82) is 0 Å². The summed E-state index contributed by atoms with van der Waals surface area (Å²) in [5.74, 6) is 0. The molecule has 1 aromatic carbocycles. The van der Waals surface area contributed by atoms with Crippen molar-refractivity contribution in [3.8, 4) is 0 Å². The number of thiazole rings is 1. The van der Waals surface area contributed by atoms with E-state index >= 15 is 0 Å². The molecule has 2 rings (SSSR count). The summed E-state index contributed by atoms with van der Waals surface area (Å²) in [7, 11) is 0. The second-order valence-corrected chi connectivity index (χ2v) is 4.83. The van der Waals surface area contributed by atoms with Crippen molar-refractivity contribution in [2.75, 3.05) is 5.43 Å². The summed E-state index contributed by atoms with van der Waals surface area (Å²) in [5, 5.41) is 7.04. The van der Waals surface area contributed by atoms with Crippen LogP contribution in [0.3, 0.4) is 0 Å². The van der Waals surface area contributed by atoms with E-state index in [9.17, 15) is 0 Å². The van der Waals surface area contributed by atoms with Crippen molar-refractivity contribution in [3.63, 3.8) is 0 Å². The van der Waals surface area contributed by atoms with Gasteiger partial charge < -0.3 is 0 Å². The molecule has 0 amide bonds. The molecule has 88 valence electrons. The van der Waals surface area contributed by atoms with Crippen molar-refractivity contribution in [3.05, 3.63) is 46.0 Å². The largest absolute Gasteiger partial charge is 0.253 e. The predicted molar refractivity (Wildman–Crippen MR) is 74.0 cm³/mol. The molecule has 0 unspecified atom stereocenters. The molecule has 0 spiro atoms. The van der Waals surface area contributed by atoms with E-state index in [2.05, 4.69) is 47.6 Å². The third-order valence-electron chi connectivity index (χ3n) is 2.51. The van der Waals surface area contributed by atoms with Crippen molar-refractivity contribution < 1.29 is 0 Å². The Morgan fingerprint density at radius 3 is 2.53 bits per heavy atom. The van der Waals surface area contributed by atoms with E-state index < -0.39 is 0 Å². The highest BCUT2D eigenvalue weighted by Crippen LogP contribution is 2.14. The van der Waals surface area contributed by atoms with Crippen molar-refractivity contribution in [2.45, 2.75) is 20.8 Å². The average Bonchev–Trinajstić information content (AvgIpc) is 2.69. The van der Waals surface area contributed by atoms with Crippen LogP contribution < -0.4 is 5.43 Å². The number of nitrogens with zero attached hydrogens (tertiary/aromatic N) is 2. The van der Waals surface area contributed by atoms with Crippen LogP contribution in [0.5, 0.6) is 0 Å². The molecule has 0 aliphatic rings. The lowest BCUT2D eigenvalue weighted by atomic mass is 10.0. The Balaban J connectivity index is 2.10. The maximum absolute atomic E-state index is 4.28. The molecule has 0 radical (unpaired) electrons. The second kappa shape index (κ2) is 5.10. The molecule has 0 aliphatic heterocycles. The SMILES string of the molecule is Cc1csc(NN=Cc2c(C)cccc2C)n1. The van der Waals surface area contributed by atoms with Crippen LogP contribution in [0.25, 0.3) is 0 Å². The standard InChI is InChI=1S/C13H15N3S/c1-9-5-4-6-10(2)12(9)7-14-16-13-15-11(3)8-17-13/h4-8H,1-3H3,(H,15,16). The van der Waals surface area contributed by atoms with Crippen molar-refractivity contribution >= 4 is 22.7 Å². The number of aromatic nitrogens is 1. The zero-order valence-electron chi connectivity index (χ0n) is 10.2. The minimum atomic E-state index is 0.824. The fourth-order valence-corrected chi connectivity index (χ4v) is 2.23.